The zero-order valence-corrected chi connectivity index (χ0v) is 9.91. The summed E-state index contributed by atoms with van der Waals surface area (Å²) in [4.78, 5) is 13.2. The highest BCUT2D eigenvalue weighted by Crippen LogP contribution is 2.26. The molecule has 0 unspecified atom stereocenters. The SMILES string of the molecule is CC(C)(C=O)CN(CCO)C1CCCC1. The number of aliphatic hydroxyl groups excluding tert-OH is 1. The van der Waals surface area contributed by atoms with E-state index >= 15 is 0 Å². The van der Waals surface area contributed by atoms with Gasteiger partial charge in [-0.25, -0.2) is 0 Å². The molecule has 1 fully saturated rings. The molecule has 1 aliphatic rings. The lowest BCUT2D eigenvalue weighted by molar-refractivity contribution is -0.116. The van der Waals surface area contributed by atoms with Crippen molar-refractivity contribution in [2.45, 2.75) is 45.6 Å². The standard InChI is InChI=1S/C12H23NO2/c1-12(2,10-15)9-13(7-8-14)11-5-3-4-6-11/h10-11,14H,3-9H2,1-2H3. The molecule has 0 heterocycles. The van der Waals surface area contributed by atoms with Crippen molar-refractivity contribution in [3.63, 3.8) is 0 Å². The van der Waals surface area contributed by atoms with Crippen LogP contribution in [-0.2, 0) is 4.79 Å². The Bertz CT molecular complexity index is 198. The van der Waals surface area contributed by atoms with Crippen molar-refractivity contribution in [3.8, 4) is 0 Å². The van der Waals surface area contributed by atoms with Crippen molar-refractivity contribution in [1.82, 2.24) is 4.90 Å². The zero-order valence-electron chi connectivity index (χ0n) is 9.91. The molecule has 0 radical (unpaired) electrons. The highest BCUT2D eigenvalue weighted by molar-refractivity contribution is 5.58. The largest absolute Gasteiger partial charge is 0.395 e. The van der Waals surface area contributed by atoms with Crippen molar-refractivity contribution in [3.05, 3.63) is 0 Å². The summed E-state index contributed by atoms with van der Waals surface area (Å²) in [5, 5.41) is 9.04. The van der Waals surface area contributed by atoms with Crippen LogP contribution in [0.25, 0.3) is 0 Å². The second kappa shape index (κ2) is 5.61. The normalized spacial score (nSPS) is 18.7. The molecule has 88 valence electrons. The van der Waals surface area contributed by atoms with Gasteiger partial charge in [0.1, 0.15) is 6.29 Å². The summed E-state index contributed by atoms with van der Waals surface area (Å²) in [7, 11) is 0. The molecule has 0 aromatic rings. The molecule has 1 aliphatic carbocycles. The van der Waals surface area contributed by atoms with E-state index in [1.807, 2.05) is 13.8 Å². The highest BCUT2D eigenvalue weighted by atomic mass is 16.3. The highest BCUT2D eigenvalue weighted by Gasteiger charge is 2.27. The Morgan fingerprint density at radius 2 is 2.00 bits per heavy atom. The fourth-order valence-electron chi connectivity index (χ4n) is 2.35. The molecular weight excluding hydrogens is 190 g/mol. The topological polar surface area (TPSA) is 40.5 Å². The average molecular weight is 213 g/mol. The third kappa shape index (κ3) is 3.92. The van der Waals surface area contributed by atoms with E-state index in [9.17, 15) is 4.79 Å². The van der Waals surface area contributed by atoms with Crippen LogP contribution in [0.1, 0.15) is 39.5 Å². The van der Waals surface area contributed by atoms with E-state index in [4.69, 9.17) is 5.11 Å². The van der Waals surface area contributed by atoms with E-state index in [1.54, 1.807) is 0 Å². The first-order chi connectivity index (χ1) is 7.09. The van der Waals surface area contributed by atoms with Crippen LogP contribution in [-0.4, -0.2) is 42.0 Å². The van der Waals surface area contributed by atoms with Gasteiger partial charge in [-0.3, -0.25) is 4.90 Å². The maximum Gasteiger partial charge on any atom is 0.126 e. The summed E-state index contributed by atoms with van der Waals surface area (Å²) < 4.78 is 0. The van der Waals surface area contributed by atoms with Gasteiger partial charge in [-0.2, -0.15) is 0 Å². The minimum absolute atomic E-state index is 0.186. The van der Waals surface area contributed by atoms with Crippen LogP contribution in [0.2, 0.25) is 0 Å². The van der Waals surface area contributed by atoms with Crippen molar-refractivity contribution in [1.29, 1.82) is 0 Å². The van der Waals surface area contributed by atoms with Crippen LogP contribution in [0.5, 0.6) is 0 Å². The summed E-state index contributed by atoms with van der Waals surface area (Å²) in [5.41, 5.74) is -0.294. The molecule has 15 heavy (non-hydrogen) atoms. The van der Waals surface area contributed by atoms with Crippen molar-refractivity contribution >= 4 is 6.29 Å². The molecule has 0 saturated heterocycles. The lowest BCUT2D eigenvalue weighted by Crippen LogP contribution is -2.42. The maximum absolute atomic E-state index is 10.9. The fourth-order valence-corrected chi connectivity index (χ4v) is 2.35. The van der Waals surface area contributed by atoms with Gasteiger partial charge in [0.2, 0.25) is 0 Å². The monoisotopic (exact) mass is 213 g/mol. The van der Waals surface area contributed by atoms with E-state index in [-0.39, 0.29) is 12.0 Å². The van der Waals surface area contributed by atoms with E-state index in [0.29, 0.717) is 12.6 Å². The van der Waals surface area contributed by atoms with Crippen LogP contribution in [0, 0.1) is 5.41 Å². The van der Waals surface area contributed by atoms with Crippen LogP contribution in [0.15, 0.2) is 0 Å². The summed E-state index contributed by atoms with van der Waals surface area (Å²) in [6, 6.07) is 0.580. The van der Waals surface area contributed by atoms with Gasteiger partial charge >= 0.3 is 0 Å². The first-order valence-electron chi connectivity index (χ1n) is 5.90. The van der Waals surface area contributed by atoms with Crippen LogP contribution < -0.4 is 0 Å². The van der Waals surface area contributed by atoms with Crippen LogP contribution >= 0.6 is 0 Å². The molecule has 0 spiro atoms. The van der Waals surface area contributed by atoms with Gasteiger partial charge in [-0.1, -0.05) is 26.7 Å². The summed E-state index contributed by atoms with van der Waals surface area (Å²) in [5.74, 6) is 0. The molecule has 1 saturated carbocycles. The summed E-state index contributed by atoms with van der Waals surface area (Å²) in [6.07, 6.45) is 6.03. The van der Waals surface area contributed by atoms with Gasteiger partial charge < -0.3 is 9.90 Å². The molecule has 0 aromatic carbocycles. The first kappa shape index (κ1) is 12.7. The third-order valence-corrected chi connectivity index (χ3v) is 3.16. The molecule has 0 atom stereocenters. The number of hydrogen-bond acceptors (Lipinski definition) is 3. The van der Waals surface area contributed by atoms with Crippen molar-refractivity contribution in [2.75, 3.05) is 19.7 Å². The Hall–Kier alpha value is -0.410. The smallest absolute Gasteiger partial charge is 0.126 e. The predicted octanol–water partition coefficient (Wildman–Crippen LogP) is 1.45. The third-order valence-electron chi connectivity index (χ3n) is 3.16. The van der Waals surface area contributed by atoms with Gasteiger partial charge in [0.05, 0.1) is 6.61 Å². The van der Waals surface area contributed by atoms with E-state index in [1.165, 1.54) is 25.7 Å². The number of aldehydes is 1. The molecule has 3 heteroatoms. The van der Waals surface area contributed by atoms with Crippen LogP contribution in [0.4, 0.5) is 0 Å². The summed E-state index contributed by atoms with van der Waals surface area (Å²) in [6.45, 7) is 5.56. The maximum atomic E-state index is 10.9. The molecule has 0 aromatic heterocycles. The van der Waals surface area contributed by atoms with E-state index < -0.39 is 0 Å². The Morgan fingerprint density at radius 1 is 1.40 bits per heavy atom. The van der Waals surface area contributed by atoms with Gasteiger partial charge in [-0.05, 0) is 12.8 Å². The number of carbonyl (C=O) groups is 1. The fraction of sp³-hybridized carbons (Fsp3) is 0.917. The zero-order chi connectivity index (χ0) is 11.3. The Kier molecular flexibility index (Phi) is 4.74. The van der Waals surface area contributed by atoms with E-state index in [2.05, 4.69) is 4.90 Å². The quantitative estimate of drug-likeness (QED) is 0.679. The number of carbonyl (C=O) groups excluding carboxylic acids is 1. The van der Waals surface area contributed by atoms with Gasteiger partial charge in [0.15, 0.2) is 0 Å². The molecular formula is C12H23NO2. The predicted molar refractivity (Wildman–Crippen MR) is 60.8 cm³/mol. The lowest BCUT2D eigenvalue weighted by Gasteiger charge is -2.33. The minimum Gasteiger partial charge on any atom is -0.395 e. The lowest BCUT2D eigenvalue weighted by atomic mass is 9.94. The molecule has 3 nitrogen and oxygen atoms in total. The second-order valence-electron chi connectivity index (χ2n) is 5.24. The molecule has 0 amide bonds. The van der Waals surface area contributed by atoms with Gasteiger partial charge in [0.25, 0.3) is 0 Å². The Balaban J connectivity index is 2.52. The number of aliphatic hydroxyl groups is 1. The van der Waals surface area contributed by atoms with Crippen molar-refractivity contribution < 1.29 is 9.90 Å². The van der Waals surface area contributed by atoms with Gasteiger partial charge in [-0.15, -0.1) is 0 Å². The molecule has 0 bridgehead atoms. The van der Waals surface area contributed by atoms with Crippen LogP contribution in [0.3, 0.4) is 0 Å². The second-order valence-corrected chi connectivity index (χ2v) is 5.24. The first-order valence-corrected chi connectivity index (χ1v) is 5.90. The Labute approximate surface area is 92.5 Å². The molecule has 1 rings (SSSR count). The average Bonchev–Trinajstić information content (AvgIpc) is 2.70. The molecule has 0 aliphatic heterocycles. The van der Waals surface area contributed by atoms with Gasteiger partial charge in [0, 0.05) is 24.5 Å². The summed E-state index contributed by atoms with van der Waals surface area (Å²) >= 11 is 0. The number of nitrogens with zero attached hydrogens (tertiary/aromatic N) is 1. The van der Waals surface area contributed by atoms with Crippen molar-refractivity contribution in [2.24, 2.45) is 5.41 Å². The molecule has 1 N–H and O–H groups in total. The minimum atomic E-state index is -0.294. The number of rotatable bonds is 6. The Morgan fingerprint density at radius 3 is 2.47 bits per heavy atom. The number of hydrogen-bond donors (Lipinski definition) is 1. The van der Waals surface area contributed by atoms with E-state index in [0.717, 1.165) is 12.8 Å².